The summed E-state index contributed by atoms with van der Waals surface area (Å²) in [7, 11) is 0. The summed E-state index contributed by atoms with van der Waals surface area (Å²) in [5.41, 5.74) is 0.463. The Balaban J connectivity index is 2.55. The summed E-state index contributed by atoms with van der Waals surface area (Å²) in [5, 5.41) is 3.58. The summed E-state index contributed by atoms with van der Waals surface area (Å²) in [6, 6.07) is 1.40. The van der Waals surface area contributed by atoms with Crippen LogP contribution < -0.4 is 5.32 Å². The summed E-state index contributed by atoms with van der Waals surface area (Å²) >= 11 is 0. The molecule has 1 aliphatic rings. The first kappa shape index (κ1) is 13.0. The number of nitrogens with one attached hydrogen (secondary N) is 1. The van der Waals surface area contributed by atoms with Gasteiger partial charge in [-0.2, -0.15) is 0 Å². The van der Waals surface area contributed by atoms with Crippen molar-refractivity contribution in [3.63, 3.8) is 0 Å². The molecule has 2 unspecified atom stereocenters. The molecule has 1 saturated heterocycles. The molecule has 2 heteroatoms. The van der Waals surface area contributed by atoms with Gasteiger partial charge in [-0.1, -0.05) is 27.7 Å². The van der Waals surface area contributed by atoms with Crippen molar-refractivity contribution in [2.75, 3.05) is 19.6 Å². The lowest BCUT2D eigenvalue weighted by Gasteiger charge is -2.42. The Morgan fingerprint density at radius 1 is 1.33 bits per heavy atom. The maximum atomic E-state index is 3.58. The molecule has 0 spiro atoms. The van der Waals surface area contributed by atoms with Crippen molar-refractivity contribution >= 4 is 0 Å². The fourth-order valence-electron chi connectivity index (χ4n) is 2.29. The van der Waals surface area contributed by atoms with Gasteiger partial charge in [0.25, 0.3) is 0 Å². The van der Waals surface area contributed by atoms with Crippen molar-refractivity contribution in [2.45, 2.75) is 59.5 Å². The first-order valence-corrected chi connectivity index (χ1v) is 6.46. The van der Waals surface area contributed by atoms with E-state index in [1.165, 1.54) is 25.9 Å². The third-order valence-electron chi connectivity index (χ3n) is 3.79. The number of piperazine rings is 1. The van der Waals surface area contributed by atoms with E-state index in [1.54, 1.807) is 0 Å². The van der Waals surface area contributed by atoms with Crippen molar-refractivity contribution in [1.82, 2.24) is 10.2 Å². The van der Waals surface area contributed by atoms with Crippen molar-refractivity contribution < 1.29 is 0 Å². The van der Waals surface area contributed by atoms with Gasteiger partial charge in [-0.25, -0.2) is 0 Å². The van der Waals surface area contributed by atoms with Gasteiger partial charge in [0.05, 0.1) is 0 Å². The van der Waals surface area contributed by atoms with Crippen molar-refractivity contribution in [3.8, 4) is 0 Å². The molecule has 0 amide bonds. The molecular formula is C13H28N2. The molecule has 90 valence electrons. The lowest BCUT2D eigenvalue weighted by Crippen LogP contribution is -2.57. The average molecular weight is 212 g/mol. The molecule has 1 rings (SSSR count). The lowest BCUT2D eigenvalue weighted by molar-refractivity contribution is 0.0837. The molecule has 2 nitrogen and oxygen atoms in total. The van der Waals surface area contributed by atoms with Gasteiger partial charge in [0, 0.05) is 31.7 Å². The molecule has 15 heavy (non-hydrogen) atoms. The van der Waals surface area contributed by atoms with Gasteiger partial charge in [-0.3, -0.25) is 4.90 Å². The fraction of sp³-hybridized carbons (Fsp3) is 1.00. The summed E-state index contributed by atoms with van der Waals surface area (Å²) in [5.74, 6) is 0. The first-order chi connectivity index (χ1) is 6.98. The average Bonchev–Trinajstić information content (AvgIpc) is 2.18. The smallest absolute Gasteiger partial charge is 0.0219 e. The van der Waals surface area contributed by atoms with E-state index in [9.17, 15) is 0 Å². The van der Waals surface area contributed by atoms with Crippen LogP contribution >= 0.6 is 0 Å². The number of rotatable bonds is 4. The van der Waals surface area contributed by atoms with Crippen LogP contribution in [0.15, 0.2) is 0 Å². The molecule has 0 aliphatic carbocycles. The largest absolute Gasteiger partial charge is 0.311 e. The van der Waals surface area contributed by atoms with E-state index in [0.29, 0.717) is 11.5 Å². The van der Waals surface area contributed by atoms with E-state index >= 15 is 0 Å². The Bertz CT molecular complexity index is 189. The van der Waals surface area contributed by atoms with Gasteiger partial charge >= 0.3 is 0 Å². The summed E-state index contributed by atoms with van der Waals surface area (Å²) in [4.78, 5) is 2.69. The highest BCUT2D eigenvalue weighted by molar-refractivity contribution is 4.86. The molecule has 0 aromatic rings. The van der Waals surface area contributed by atoms with Crippen LogP contribution in [0.4, 0.5) is 0 Å². The van der Waals surface area contributed by atoms with Crippen molar-refractivity contribution in [1.29, 1.82) is 0 Å². The topological polar surface area (TPSA) is 15.3 Å². The van der Waals surface area contributed by atoms with Crippen LogP contribution in [-0.4, -0.2) is 36.6 Å². The molecule has 0 saturated carbocycles. The van der Waals surface area contributed by atoms with Gasteiger partial charge < -0.3 is 5.32 Å². The molecule has 2 atom stereocenters. The van der Waals surface area contributed by atoms with E-state index in [0.717, 1.165) is 12.6 Å². The van der Waals surface area contributed by atoms with Crippen LogP contribution in [0.3, 0.4) is 0 Å². The van der Waals surface area contributed by atoms with Crippen LogP contribution in [0, 0.1) is 5.41 Å². The van der Waals surface area contributed by atoms with E-state index in [-0.39, 0.29) is 0 Å². The first-order valence-electron chi connectivity index (χ1n) is 6.46. The molecule has 1 aliphatic heterocycles. The SMILES string of the molecule is CCC1CNC(C)CN1CC(C)(C)CC. The zero-order valence-electron chi connectivity index (χ0n) is 11.1. The van der Waals surface area contributed by atoms with Crippen LogP contribution in [-0.2, 0) is 0 Å². The molecule has 0 aromatic heterocycles. The highest BCUT2D eigenvalue weighted by Crippen LogP contribution is 2.24. The zero-order valence-corrected chi connectivity index (χ0v) is 11.1. The van der Waals surface area contributed by atoms with Crippen molar-refractivity contribution in [2.24, 2.45) is 5.41 Å². The maximum absolute atomic E-state index is 3.58. The predicted molar refractivity (Wildman–Crippen MR) is 67.2 cm³/mol. The molecule has 1 fully saturated rings. The summed E-state index contributed by atoms with van der Waals surface area (Å²) < 4.78 is 0. The molecule has 0 radical (unpaired) electrons. The van der Waals surface area contributed by atoms with E-state index < -0.39 is 0 Å². The lowest BCUT2D eigenvalue weighted by atomic mass is 9.88. The van der Waals surface area contributed by atoms with Crippen LogP contribution in [0.5, 0.6) is 0 Å². The molecule has 0 aromatic carbocycles. The van der Waals surface area contributed by atoms with Crippen LogP contribution in [0.1, 0.15) is 47.5 Å². The Labute approximate surface area is 95.4 Å². The van der Waals surface area contributed by atoms with E-state index in [2.05, 4.69) is 44.8 Å². The van der Waals surface area contributed by atoms with Gasteiger partial charge in [0.15, 0.2) is 0 Å². The zero-order chi connectivity index (χ0) is 11.5. The third kappa shape index (κ3) is 3.76. The number of hydrogen-bond acceptors (Lipinski definition) is 2. The fourth-order valence-corrected chi connectivity index (χ4v) is 2.29. The minimum Gasteiger partial charge on any atom is -0.311 e. The van der Waals surface area contributed by atoms with Gasteiger partial charge in [-0.15, -0.1) is 0 Å². The highest BCUT2D eigenvalue weighted by Gasteiger charge is 2.28. The van der Waals surface area contributed by atoms with Gasteiger partial charge in [0.2, 0.25) is 0 Å². The van der Waals surface area contributed by atoms with Gasteiger partial charge in [0.1, 0.15) is 0 Å². The molecule has 1 heterocycles. The van der Waals surface area contributed by atoms with Crippen molar-refractivity contribution in [3.05, 3.63) is 0 Å². The number of hydrogen-bond donors (Lipinski definition) is 1. The number of nitrogens with zero attached hydrogens (tertiary/aromatic N) is 1. The predicted octanol–water partition coefficient (Wildman–Crippen LogP) is 2.49. The van der Waals surface area contributed by atoms with Crippen LogP contribution in [0.25, 0.3) is 0 Å². The van der Waals surface area contributed by atoms with Gasteiger partial charge in [-0.05, 0) is 25.2 Å². The van der Waals surface area contributed by atoms with E-state index in [4.69, 9.17) is 0 Å². The Morgan fingerprint density at radius 3 is 2.53 bits per heavy atom. The highest BCUT2D eigenvalue weighted by atomic mass is 15.2. The second-order valence-corrected chi connectivity index (χ2v) is 5.82. The maximum Gasteiger partial charge on any atom is 0.0219 e. The Morgan fingerprint density at radius 2 is 2.00 bits per heavy atom. The van der Waals surface area contributed by atoms with Crippen LogP contribution in [0.2, 0.25) is 0 Å². The Hall–Kier alpha value is -0.0800. The third-order valence-corrected chi connectivity index (χ3v) is 3.79. The second-order valence-electron chi connectivity index (χ2n) is 5.82. The summed E-state index contributed by atoms with van der Waals surface area (Å²) in [6.07, 6.45) is 2.53. The minimum absolute atomic E-state index is 0.463. The molecule has 1 N–H and O–H groups in total. The second kappa shape index (κ2) is 5.31. The standard InChI is InChI=1S/C13H28N2/c1-6-12-8-14-11(3)9-15(12)10-13(4,5)7-2/h11-12,14H,6-10H2,1-5H3. The molecular weight excluding hydrogens is 184 g/mol. The normalized spacial score (nSPS) is 29.4. The molecule has 0 bridgehead atoms. The monoisotopic (exact) mass is 212 g/mol. The summed E-state index contributed by atoms with van der Waals surface area (Å²) in [6.45, 7) is 15.3. The van der Waals surface area contributed by atoms with E-state index in [1.807, 2.05) is 0 Å². The minimum atomic E-state index is 0.463. The quantitative estimate of drug-likeness (QED) is 0.770. The Kier molecular flexibility index (Phi) is 4.60.